The summed E-state index contributed by atoms with van der Waals surface area (Å²) in [7, 11) is 0. The lowest BCUT2D eigenvalue weighted by atomic mass is 9.85. The molecule has 1 aliphatic carbocycles. The third-order valence-electron chi connectivity index (χ3n) is 3.56. The second-order valence-electron chi connectivity index (χ2n) is 4.82. The van der Waals surface area contributed by atoms with Crippen LogP contribution in [0.3, 0.4) is 0 Å². The van der Waals surface area contributed by atoms with E-state index < -0.39 is 0 Å². The van der Waals surface area contributed by atoms with Gasteiger partial charge in [0.05, 0.1) is 0 Å². The molecule has 0 radical (unpaired) electrons. The van der Waals surface area contributed by atoms with Crippen molar-refractivity contribution < 1.29 is 4.39 Å². The van der Waals surface area contributed by atoms with Crippen LogP contribution in [0.5, 0.6) is 0 Å². The maximum absolute atomic E-state index is 13.0. The minimum absolute atomic E-state index is 0.165. The summed E-state index contributed by atoms with van der Waals surface area (Å²) in [5, 5.41) is 3.52. The molecule has 2 rings (SSSR count). The highest BCUT2D eigenvalue weighted by atomic mass is 35.5. The topological polar surface area (TPSA) is 12.0 Å². The number of hydrogen-bond acceptors (Lipinski definition) is 1. The standard InChI is InChI=1S/C14H19ClFN/c15-9-12-5-1-2-7-14(12)17-10-11-4-3-6-13(16)8-11/h3-4,6,8,12,14,17H,1-2,5,7,9-10H2. The molecule has 0 heterocycles. The van der Waals surface area contributed by atoms with Crippen LogP contribution >= 0.6 is 11.6 Å². The van der Waals surface area contributed by atoms with E-state index in [1.54, 1.807) is 12.1 Å². The van der Waals surface area contributed by atoms with Gasteiger partial charge in [-0.3, -0.25) is 0 Å². The fourth-order valence-electron chi connectivity index (χ4n) is 2.56. The molecule has 94 valence electrons. The zero-order chi connectivity index (χ0) is 12.1. The van der Waals surface area contributed by atoms with Crippen molar-refractivity contribution in [2.75, 3.05) is 5.88 Å². The van der Waals surface area contributed by atoms with Crippen LogP contribution < -0.4 is 5.32 Å². The lowest BCUT2D eigenvalue weighted by molar-refractivity contribution is 0.282. The molecular formula is C14H19ClFN. The number of rotatable bonds is 4. The van der Waals surface area contributed by atoms with Crippen LogP contribution in [-0.4, -0.2) is 11.9 Å². The molecule has 0 amide bonds. The lowest BCUT2D eigenvalue weighted by Crippen LogP contribution is -2.38. The third kappa shape index (κ3) is 3.68. The molecule has 2 unspecified atom stereocenters. The van der Waals surface area contributed by atoms with E-state index in [1.165, 1.54) is 31.7 Å². The highest BCUT2D eigenvalue weighted by molar-refractivity contribution is 6.18. The first-order valence-electron chi connectivity index (χ1n) is 6.33. The smallest absolute Gasteiger partial charge is 0.123 e. The molecule has 1 aromatic rings. The van der Waals surface area contributed by atoms with E-state index in [9.17, 15) is 4.39 Å². The summed E-state index contributed by atoms with van der Waals surface area (Å²) in [6, 6.07) is 7.27. The summed E-state index contributed by atoms with van der Waals surface area (Å²) in [5.74, 6) is 1.13. The highest BCUT2D eigenvalue weighted by Gasteiger charge is 2.23. The number of hydrogen-bond donors (Lipinski definition) is 1. The molecule has 1 N–H and O–H groups in total. The molecule has 1 fully saturated rings. The molecule has 0 saturated heterocycles. The van der Waals surface area contributed by atoms with Crippen molar-refractivity contribution in [3.63, 3.8) is 0 Å². The number of benzene rings is 1. The fraction of sp³-hybridized carbons (Fsp3) is 0.571. The molecule has 3 heteroatoms. The van der Waals surface area contributed by atoms with Crippen molar-refractivity contribution in [2.45, 2.75) is 38.3 Å². The van der Waals surface area contributed by atoms with Gasteiger partial charge in [-0.1, -0.05) is 25.0 Å². The summed E-state index contributed by atoms with van der Waals surface area (Å²) in [5.41, 5.74) is 1.00. The molecule has 0 spiro atoms. The summed E-state index contributed by atoms with van der Waals surface area (Å²) < 4.78 is 13.0. The Labute approximate surface area is 107 Å². The van der Waals surface area contributed by atoms with Gasteiger partial charge in [0.2, 0.25) is 0 Å². The van der Waals surface area contributed by atoms with E-state index in [0.717, 1.165) is 18.0 Å². The fourth-order valence-corrected chi connectivity index (χ4v) is 2.93. The van der Waals surface area contributed by atoms with Crippen LogP contribution in [-0.2, 0) is 6.54 Å². The Balaban J connectivity index is 1.88. The Morgan fingerprint density at radius 3 is 2.88 bits per heavy atom. The Hall–Kier alpha value is -0.600. The summed E-state index contributed by atoms with van der Waals surface area (Å²) in [4.78, 5) is 0. The van der Waals surface area contributed by atoms with Gasteiger partial charge in [-0.25, -0.2) is 4.39 Å². The Kier molecular flexibility index (Phi) is 4.81. The van der Waals surface area contributed by atoms with Crippen molar-refractivity contribution in [3.8, 4) is 0 Å². The SMILES string of the molecule is Fc1cccc(CNC2CCCCC2CCl)c1. The van der Waals surface area contributed by atoms with Gasteiger partial charge in [0.15, 0.2) is 0 Å². The van der Waals surface area contributed by atoms with E-state index in [0.29, 0.717) is 12.0 Å². The highest BCUT2D eigenvalue weighted by Crippen LogP contribution is 2.25. The first-order valence-corrected chi connectivity index (χ1v) is 6.87. The predicted molar refractivity (Wildman–Crippen MR) is 69.7 cm³/mol. The molecule has 0 bridgehead atoms. The van der Waals surface area contributed by atoms with Gasteiger partial charge >= 0.3 is 0 Å². The van der Waals surface area contributed by atoms with Crippen LogP contribution in [0.25, 0.3) is 0 Å². The molecular weight excluding hydrogens is 237 g/mol. The van der Waals surface area contributed by atoms with Gasteiger partial charge in [0.1, 0.15) is 5.82 Å². The minimum Gasteiger partial charge on any atom is -0.310 e. The first-order chi connectivity index (χ1) is 8.29. The van der Waals surface area contributed by atoms with Crippen molar-refractivity contribution >= 4 is 11.6 Å². The van der Waals surface area contributed by atoms with Gasteiger partial charge in [-0.05, 0) is 36.5 Å². The maximum atomic E-state index is 13.0. The Morgan fingerprint density at radius 1 is 1.29 bits per heavy atom. The first kappa shape index (κ1) is 12.8. The van der Waals surface area contributed by atoms with Crippen LogP contribution in [0, 0.1) is 11.7 Å². The van der Waals surface area contributed by atoms with Crippen molar-refractivity contribution in [1.82, 2.24) is 5.32 Å². The van der Waals surface area contributed by atoms with Gasteiger partial charge in [0, 0.05) is 18.5 Å². The summed E-state index contributed by atoms with van der Waals surface area (Å²) in [6.07, 6.45) is 4.96. The van der Waals surface area contributed by atoms with Gasteiger partial charge in [-0.15, -0.1) is 11.6 Å². The van der Waals surface area contributed by atoms with E-state index in [1.807, 2.05) is 6.07 Å². The summed E-state index contributed by atoms with van der Waals surface area (Å²) >= 11 is 5.98. The van der Waals surface area contributed by atoms with Crippen LogP contribution in [0.4, 0.5) is 4.39 Å². The predicted octanol–water partition coefficient (Wildman–Crippen LogP) is 3.71. The number of halogens is 2. The molecule has 1 aromatic carbocycles. The molecule has 0 aromatic heterocycles. The molecule has 0 aliphatic heterocycles. The molecule has 1 nitrogen and oxygen atoms in total. The average molecular weight is 256 g/mol. The largest absolute Gasteiger partial charge is 0.310 e. The maximum Gasteiger partial charge on any atom is 0.123 e. The second-order valence-corrected chi connectivity index (χ2v) is 5.12. The van der Waals surface area contributed by atoms with E-state index in [-0.39, 0.29) is 5.82 Å². The number of alkyl halides is 1. The zero-order valence-corrected chi connectivity index (χ0v) is 10.7. The van der Waals surface area contributed by atoms with E-state index in [4.69, 9.17) is 11.6 Å². The van der Waals surface area contributed by atoms with Crippen molar-refractivity contribution in [3.05, 3.63) is 35.6 Å². The minimum atomic E-state index is -0.165. The number of nitrogens with one attached hydrogen (secondary N) is 1. The Morgan fingerprint density at radius 2 is 2.12 bits per heavy atom. The third-order valence-corrected chi connectivity index (χ3v) is 3.96. The zero-order valence-electron chi connectivity index (χ0n) is 9.96. The van der Waals surface area contributed by atoms with Gasteiger partial charge in [-0.2, -0.15) is 0 Å². The quantitative estimate of drug-likeness (QED) is 0.809. The Bertz CT molecular complexity index is 356. The van der Waals surface area contributed by atoms with Crippen LogP contribution in [0.15, 0.2) is 24.3 Å². The average Bonchev–Trinajstić information content (AvgIpc) is 2.37. The molecule has 2 atom stereocenters. The van der Waals surface area contributed by atoms with Crippen molar-refractivity contribution in [1.29, 1.82) is 0 Å². The van der Waals surface area contributed by atoms with Crippen LogP contribution in [0.1, 0.15) is 31.2 Å². The molecule has 1 saturated carbocycles. The van der Waals surface area contributed by atoms with Gasteiger partial charge in [0.25, 0.3) is 0 Å². The van der Waals surface area contributed by atoms with Crippen LogP contribution in [0.2, 0.25) is 0 Å². The monoisotopic (exact) mass is 255 g/mol. The van der Waals surface area contributed by atoms with E-state index >= 15 is 0 Å². The lowest BCUT2D eigenvalue weighted by Gasteiger charge is -2.31. The van der Waals surface area contributed by atoms with Crippen molar-refractivity contribution in [2.24, 2.45) is 5.92 Å². The van der Waals surface area contributed by atoms with E-state index in [2.05, 4.69) is 5.32 Å². The van der Waals surface area contributed by atoms with Gasteiger partial charge < -0.3 is 5.32 Å². The molecule has 17 heavy (non-hydrogen) atoms. The molecule has 1 aliphatic rings. The second kappa shape index (κ2) is 6.36. The normalized spacial score (nSPS) is 24.8. The summed E-state index contributed by atoms with van der Waals surface area (Å²) in [6.45, 7) is 0.732.